The quantitative estimate of drug-likeness (QED) is 0.820. The molecule has 0 bridgehead atoms. The van der Waals surface area contributed by atoms with Crippen LogP contribution in [0.4, 0.5) is 0 Å². The fraction of sp³-hybridized carbons (Fsp3) is 0.706. The molecule has 4 atom stereocenters. The van der Waals surface area contributed by atoms with Crippen LogP contribution >= 0.6 is 11.3 Å². The molecular formula is C17H28N2OS. The average Bonchev–Trinajstić information content (AvgIpc) is 3.11. The number of rotatable bonds is 7. The molecule has 0 aromatic carbocycles. The van der Waals surface area contributed by atoms with E-state index in [9.17, 15) is 4.79 Å². The van der Waals surface area contributed by atoms with E-state index in [1.165, 1.54) is 18.4 Å². The summed E-state index contributed by atoms with van der Waals surface area (Å²) in [4.78, 5) is 15.0. The minimum Gasteiger partial charge on any atom is -0.319 e. The fourth-order valence-corrected chi connectivity index (χ4v) is 3.73. The van der Waals surface area contributed by atoms with Crippen LogP contribution in [0.1, 0.15) is 65.1 Å². The molecule has 1 aliphatic heterocycles. The maximum atomic E-state index is 12.9. The minimum absolute atomic E-state index is 0.0380. The number of carbonyl (C=O) groups is 1. The van der Waals surface area contributed by atoms with Gasteiger partial charge in [-0.05, 0) is 41.7 Å². The summed E-state index contributed by atoms with van der Waals surface area (Å²) in [6, 6.07) is 2.39. The zero-order valence-corrected chi connectivity index (χ0v) is 14.5. The monoisotopic (exact) mass is 308 g/mol. The third-order valence-corrected chi connectivity index (χ3v) is 5.36. The Labute approximate surface area is 132 Å². The number of thiophene rings is 1. The summed E-state index contributed by atoms with van der Waals surface area (Å²) in [5.41, 5.74) is 1.22. The van der Waals surface area contributed by atoms with E-state index in [4.69, 9.17) is 0 Å². The van der Waals surface area contributed by atoms with Gasteiger partial charge in [-0.25, -0.2) is 0 Å². The van der Waals surface area contributed by atoms with E-state index in [2.05, 4.69) is 54.7 Å². The highest BCUT2D eigenvalue weighted by Crippen LogP contribution is 2.32. The zero-order valence-electron chi connectivity index (χ0n) is 13.6. The van der Waals surface area contributed by atoms with Crippen LogP contribution in [-0.2, 0) is 4.79 Å². The molecule has 1 amide bonds. The molecule has 4 heteroatoms. The van der Waals surface area contributed by atoms with Gasteiger partial charge >= 0.3 is 0 Å². The van der Waals surface area contributed by atoms with Crippen molar-refractivity contribution in [3.63, 3.8) is 0 Å². The van der Waals surface area contributed by atoms with Crippen LogP contribution in [0.2, 0.25) is 0 Å². The molecule has 1 saturated heterocycles. The first-order valence-corrected chi connectivity index (χ1v) is 9.14. The summed E-state index contributed by atoms with van der Waals surface area (Å²) in [5.74, 6) is 0.658. The molecule has 1 aromatic rings. The van der Waals surface area contributed by atoms with Gasteiger partial charge in [0.25, 0.3) is 0 Å². The Morgan fingerprint density at radius 1 is 1.38 bits per heavy atom. The number of hydrogen-bond acceptors (Lipinski definition) is 3. The highest BCUT2D eigenvalue weighted by molar-refractivity contribution is 7.07. The molecule has 1 fully saturated rings. The van der Waals surface area contributed by atoms with Crippen LogP contribution < -0.4 is 5.32 Å². The van der Waals surface area contributed by atoms with Gasteiger partial charge in [-0.2, -0.15) is 11.3 Å². The molecule has 0 radical (unpaired) electrons. The van der Waals surface area contributed by atoms with Crippen molar-refractivity contribution in [2.75, 3.05) is 0 Å². The molecule has 0 saturated carbocycles. The van der Waals surface area contributed by atoms with E-state index in [0.29, 0.717) is 12.0 Å². The Morgan fingerprint density at radius 2 is 2.14 bits per heavy atom. The summed E-state index contributed by atoms with van der Waals surface area (Å²) in [6.07, 6.45) is 4.51. The first-order valence-electron chi connectivity index (χ1n) is 8.20. The number of nitrogens with zero attached hydrogens (tertiary/aromatic N) is 1. The molecule has 2 heterocycles. The zero-order chi connectivity index (χ0) is 15.4. The van der Waals surface area contributed by atoms with Crippen molar-refractivity contribution >= 4 is 17.2 Å². The van der Waals surface area contributed by atoms with Gasteiger partial charge < -0.3 is 4.90 Å². The summed E-state index contributed by atoms with van der Waals surface area (Å²) in [6.45, 7) is 8.71. The van der Waals surface area contributed by atoms with Gasteiger partial charge in [0.05, 0.1) is 6.04 Å². The van der Waals surface area contributed by atoms with Crippen molar-refractivity contribution < 1.29 is 4.79 Å². The molecule has 4 unspecified atom stereocenters. The van der Waals surface area contributed by atoms with Crippen LogP contribution in [-0.4, -0.2) is 22.9 Å². The SMILES string of the molecule is CCCCC(C)N1C(=O)C(C(C)CC)NC1c1ccsc1. The molecule has 118 valence electrons. The van der Waals surface area contributed by atoms with Crippen molar-refractivity contribution in [2.24, 2.45) is 5.92 Å². The molecule has 3 nitrogen and oxygen atoms in total. The largest absolute Gasteiger partial charge is 0.319 e. The normalized spacial score (nSPS) is 25.3. The van der Waals surface area contributed by atoms with Crippen molar-refractivity contribution in [3.8, 4) is 0 Å². The topological polar surface area (TPSA) is 32.3 Å². The van der Waals surface area contributed by atoms with Crippen molar-refractivity contribution in [1.82, 2.24) is 10.2 Å². The average molecular weight is 308 g/mol. The van der Waals surface area contributed by atoms with E-state index in [1.54, 1.807) is 11.3 Å². The number of amides is 1. The smallest absolute Gasteiger partial charge is 0.241 e. The van der Waals surface area contributed by atoms with Crippen LogP contribution in [0.3, 0.4) is 0 Å². The molecular weight excluding hydrogens is 280 g/mol. The number of carbonyl (C=O) groups excluding carboxylic acids is 1. The highest BCUT2D eigenvalue weighted by Gasteiger charge is 2.43. The predicted molar refractivity (Wildman–Crippen MR) is 89.3 cm³/mol. The lowest BCUT2D eigenvalue weighted by Gasteiger charge is -2.30. The van der Waals surface area contributed by atoms with Crippen LogP contribution in [0.5, 0.6) is 0 Å². The standard InChI is InChI=1S/C17H28N2OS/c1-5-7-8-13(4)19-16(14-9-10-21-11-14)18-15(17(19)20)12(3)6-2/h9-13,15-16,18H,5-8H2,1-4H3. The van der Waals surface area contributed by atoms with E-state index in [-0.39, 0.29) is 18.1 Å². The fourth-order valence-electron chi connectivity index (χ4n) is 3.05. The van der Waals surface area contributed by atoms with Gasteiger partial charge in [0.15, 0.2) is 0 Å². The molecule has 1 aliphatic rings. The molecule has 1 aromatic heterocycles. The van der Waals surface area contributed by atoms with Gasteiger partial charge in [0.2, 0.25) is 5.91 Å². The van der Waals surface area contributed by atoms with Crippen LogP contribution in [0.25, 0.3) is 0 Å². The molecule has 0 aliphatic carbocycles. The van der Waals surface area contributed by atoms with Crippen molar-refractivity contribution in [3.05, 3.63) is 22.4 Å². The van der Waals surface area contributed by atoms with Crippen molar-refractivity contribution in [1.29, 1.82) is 0 Å². The minimum atomic E-state index is -0.0380. The van der Waals surface area contributed by atoms with E-state index in [1.807, 2.05) is 0 Å². The summed E-state index contributed by atoms with van der Waals surface area (Å²) < 4.78 is 0. The Morgan fingerprint density at radius 3 is 2.71 bits per heavy atom. The lowest BCUT2D eigenvalue weighted by Crippen LogP contribution is -2.39. The maximum Gasteiger partial charge on any atom is 0.241 e. The van der Waals surface area contributed by atoms with Gasteiger partial charge in [-0.3, -0.25) is 10.1 Å². The second kappa shape index (κ2) is 7.41. The van der Waals surface area contributed by atoms with Gasteiger partial charge in [-0.1, -0.05) is 40.0 Å². The third-order valence-electron chi connectivity index (χ3n) is 4.66. The Kier molecular flexibility index (Phi) is 5.82. The Bertz CT molecular complexity index is 446. The molecule has 0 spiro atoms. The van der Waals surface area contributed by atoms with Gasteiger partial charge in [0, 0.05) is 6.04 Å². The van der Waals surface area contributed by atoms with Gasteiger partial charge in [-0.15, -0.1) is 0 Å². The van der Waals surface area contributed by atoms with Crippen LogP contribution in [0, 0.1) is 5.92 Å². The summed E-state index contributed by atoms with van der Waals surface area (Å²) in [5, 5.41) is 7.83. The Hall–Kier alpha value is -0.870. The van der Waals surface area contributed by atoms with E-state index < -0.39 is 0 Å². The summed E-state index contributed by atoms with van der Waals surface area (Å²) in [7, 11) is 0. The van der Waals surface area contributed by atoms with E-state index in [0.717, 1.165) is 12.8 Å². The lowest BCUT2D eigenvalue weighted by atomic mass is 9.99. The second-order valence-electron chi connectivity index (χ2n) is 6.23. The number of unbranched alkanes of at least 4 members (excludes halogenated alkanes) is 1. The van der Waals surface area contributed by atoms with Crippen molar-refractivity contribution in [2.45, 2.75) is 71.6 Å². The van der Waals surface area contributed by atoms with Crippen LogP contribution in [0.15, 0.2) is 16.8 Å². The number of nitrogens with one attached hydrogen (secondary N) is 1. The number of hydrogen-bond donors (Lipinski definition) is 1. The second-order valence-corrected chi connectivity index (χ2v) is 7.01. The molecule has 21 heavy (non-hydrogen) atoms. The Balaban J connectivity index is 2.21. The molecule has 1 N–H and O–H groups in total. The predicted octanol–water partition coefficient (Wildman–Crippen LogP) is 4.17. The lowest BCUT2D eigenvalue weighted by molar-refractivity contribution is -0.133. The summed E-state index contributed by atoms with van der Waals surface area (Å²) >= 11 is 1.70. The van der Waals surface area contributed by atoms with E-state index >= 15 is 0 Å². The third kappa shape index (κ3) is 3.49. The first-order chi connectivity index (χ1) is 10.1. The first kappa shape index (κ1) is 16.5. The van der Waals surface area contributed by atoms with Gasteiger partial charge in [0.1, 0.15) is 6.17 Å². The maximum absolute atomic E-state index is 12.9. The highest BCUT2D eigenvalue weighted by atomic mass is 32.1. The molecule has 2 rings (SSSR count).